The second-order valence-electron chi connectivity index (χ2n) is 6.00. The molecule has 0 fully saturated rings. The van der Waals surface area contributed by atoms with Crippen LogP contribution in [0.15, 0.2) is 47.8 Å². The van der Waals surface area contributed by atoms with Gasteiger partial charge in [0.05, 0.1) is 12.5 Å². The average molecular weight is 361 g/mol. The molecule has 0 aliphatic heterocycles. The summed E-state index contributed by atoms with van der Waals surface area (Å²) in [5.74, 6) is -0.189. The number of ether oxygens (including phenoxy) is 2. The van der Waals surface area contributed by atoms with E-state index in [1.54, 1.807) is 0 Å². The van der Waals surface area contributed by atoms with Crippen LogP contribution in [0.2, 0.25) is 0 Å². The lowest BCUT2D eigenvalue weighted by Gasteiger charge is -2.21. The molecule has 0 unspecified atom stereocenters. The van der Waals surface area contributed by atoms with Crippen LogP contribution in [0.4, 0.5) is 4.79 Å². The van der Waals surface area contributed by atoms with Crippen molar-refractivity contribution in [1.29, 1.82) is 0 Å². The highest BCUT2D eigenvalue weighted by Gasteiger charge is 2.19. The minimum atomic E-state index is -0.517. The summed E-state index contributed by atoms with van der Waals surface area (Å²) >= 11 is 1.52. The molecule has 25 heavy (non-hydrogen) atoms. The normalized spacial score (nSPS) is 11.8. The summed E-state index contributed by atoms with van der Waals surface area (Å²) < 4.78 is 10.5. The Hall–Kier alpha value is -2.34. The number of rotatable bonds is 8. The van der Waals surface area contributed by atoms with Gasteiger partial charge in [-0.25, -0.2) is 4.79 Å². The number of carbonyl (C=O) groups is 2. The Morgan fingerprint density at radius 3 is 2.48 bits per heavy atom. The molecular formula is C19H23NO4S. The van der Waals surface area contributed by atoms with Crippen molar-refractivity contribution in [1.82, 2.24) is 5.32 Å². The van der Waals surface area contributed by atoms with Crippen molar-refractivity contribution in [2.75, 3.05) is 6.61 Å². The highest BCUT2D eigenvalue weighted by molar-refractivity contribution is 7.10. The smallest absolute Gasteiger partial charge is 0.407 e. The lowest BCUT2D eigenvalue weighted by molar-refractivity contribution is -0.143. The summed E-state index contributed by atoms with van der Waals surface area (Å²) in [5, 5.41) is 4.69. The first-order valence-electron chi connectivity index (χ1n) is 8.20. The van der Waals surface area contributed by atoms with Gasteiger partial charge in [-0.3, -0.25) is 4.79 Å². The Morgan fingerprint density at radius 1 is 1.08 bits per heavy atom. The van der Waals surface area contributed by atoms with E-state index in [4.69, 9.17) is 9.47 Å². The molecule has 1 atom stereocenters. The lowest BCUT2D eigenvalue weighted by Crippen LogP contribution is -2.42. The Morgan fingerprint density at radius 2 is 1.84 bits per heavy atom. The van der Waals surface area contributed by atoms with E-state index in [-0.39, 0.29) is 37.6 Å². The zero-order chi connectivity index (χ0) is 18.1. The van der Waals surface area contributed by atoms with E-state index in [2.05, 4.69) is 5.32 Å². The van der Waals surface area contributed by atoms with Gasteiger partial charge in [-0.2, -0.15) is 0 Å². The largest absolute Gasteiger partial charge is 0.463 e. The summed E-state index contributed by atoms with van der Waals surface area (Å²) in [5.41, 5.74) is 0.918. The molecule has 0 saturated heterocycles. The fourth-order valence-corrected chi connectivity index (χ4v) is 2.80. The molecule has 1 heterocycles. The van der Waals surface area contributed by atoms with Crippen molar-refractivity contribution in [3.05, 3.63) is 58.3 Å². The van der Waals surface area contributed by atoms with Gasteiger partial charge in [-0.15, -0.1) is 11.3 Å². The third-order valence-corrected chi connectivity index (χ3v) is 4.52. The number of alkyl carbamates (subject to hydrolysis) is 1. The van der Waals surface area contributed by atoms with Crippen LogP contribution < -0.4 is 5.32 Å². The highest BCUT2D eigenvalue weighted by Crippen LogP contribution is 2.10. The highest BCUT2D eigenvalue weighted by atomic mass is 32.1. The Balaban J connectivity index is 1.75. The van der Waals surface area contributed by atoms with Gasteiger partial charge in [-0.05, 0) is 22.9 Å². The lowest BCUT2D eigenvalue weighted by atomic mass is 10.1. The monoisotopic (exact) mass is 361 g/mol. The van der Waals surface area contributed by atoms with Crippen molar-refractivity contribution in [3.63, 3.8) is 0 Å². The first kappa shape index (κ1) is 19.0. The van der Waals surface area contributed by atoms with Crippen LogP contribution in [-0.2, 0) is 27.3 Å². The summed E-state index contributed by atoms with van der Waals surface area (Å²) in [7, 11) is 0. The van der Waals surface area contributed by atoms with Gasteiger partial charge in [0, 0.05) is 4.88 Å². The molecule has 1 aromatic carbocycles. The van der Waals surface area contributed by atoms with Gasteiger partial charge >= 0.3 is 12.1 Å². The molecule has 2 aromatic rings. The number of nitrogens with one attached hydrogen (secondary N) is 1. The SMILES string of the molecule is CC(C)[C@@H](COC(=O)Cc1cccs1)NC(=O)OCc1ccccc1. The quantitative estimate of drug-likeness (QED) is 0.727. The van der Waals surface area contributed by atoms with Gasteiger partial charge in [0.1, 0.15) is 13.2 Å². The number of benzene rings is 1. The maximum absolute atomic E-state index is 12.0. The molecule has 0 aliphatic carbocycles. The third kappa shape index (κ3) is 6.97. The zero-order valence-electron chi connectivity index (χ0n) is 14.4. The van der Waals surface area contributed by atoms with Crippen LogP contribution in [0, 0.1) is 5.92 Å². The first-order valence-corrected chi connectivity index (χ1v) is 9.07. The van der Waals surface area contributed by atoms with Crippen LogP contribution >= 0.6 is 11.3 Å². The minimum Gasteiger partial charge on any atom is -0.463 e. The molecule has 1 aromatic heterocycles. The number of thiophene rings is 1. The van der Waals surface area contributed by atoms with Crippen LogP contribution in [0.3, 0.4) is 0 Å². The molecule has 0 spiro atoms. The van der Waals surface area contributed by atoms with Gasteiger partial charge in [0.2, 0.25) is 0 Å². The van der Waals surface area contributed by atoms with E-state index in [0.717, 1.165) is 10.4 Å². The molecule has 1 N–H and O–H groups in total. The summed E-state index contributed by atoms with van der Waals surface area (Å²) in [6.45, 7) is 4.24. The number of hydrogen-bond acceptors (Lipinski definition) is 5. The number of amides is 1. The standard InChI is InChI=1S/C19H23NO4S/c1-14(2)17(13-23-18(21)11-16-9-6-10-25-16)20-19(22)24-12-15-7-4-3-5-8-15/h3-10,14,17H,11-13H2,1-2H3,(H,20,22)/t17-/m1/s1. The maximum Gasteiger partial charge on any atom is 0.407 e. The van der Waals surface area contributed by atoms with Crippen molar-refractivity contribution >= 4 is 23.4 Å². The van der Waals surface area contributed by atoms with Crippen molar-refractivity contribution in [2.24, 2.45) is 5.92 Å². The molecule has 1 amide bonds. The van der Waals surface area contributed by atoms with E-state index in [0.29, 0.717) is 0 Å². The molecule has 5 nitrogen and oxygen atoms in total. The van der Waals surface area contributed by atoms with E-state index in [1.807, 2.05) is 61.7 Å². The van der Waals surface area contributed by atoms with Crippen LogP contribution in [0.25, 0.3) is 0 Å². The predicted octanol–water partition coefficient (Wildman–Crippen LogP) is 3.78. The predicted molar refractivity (Wildman–Crippen MR) is 97.4 cm³/mol. The minimum absolute atomic E-state index is 0.110. The summed E-state index contributed by atoms with van der Waals surface area (Å²) in [6, 6.07) is 13.0. The second kappa shape index (κ2) is 9.84. The van der Waals surface area contributed by atoms with Crippen LogP contribution in [0.1, 0.15) is 24.3 Å². The van der Waals surface area contributed by atoms with Gasteiger partial charge in [0.15, 0.2) is 0 Å². The van der Waals surface area contributed by atoms with E-state index in [1.165, 1.54) is 11.3 Å². The second-order valence-corrected chi connectivity index (χ2v) is 7.03. The average Bonchev–Trinajstić information content (AvgIpc) is 3.10. The molecule has 0 radical (unpaired) electrons. The number of hydrogen-bond donors (Lipinski definition) is 1. The summed E-state index contributed by atoms with van der Waals surface area (Å²) in [4.78, 5) is 24.8. The van der Waals surface area contributed by atoms with Crippen molar-refractivity contribution in [2.45, 2.75) is 32.9 Å². The number of esters is 1. The topological polar surface area (TPSA) is 64.6 Å². The molecule has 134 valence electrons. The van der Waals surface area contributed by atoms with E-state index in [9.17, 15) is 9.59 Å². The van der Waals surface area contributed by atoms with Crippen LogP contribution in [0.5, 0.6) is 0 Å². The van der Waals surface area contributed by atoms with Gasteiger partial charge in [0.25, 0.3) is 0 Å². The van der Waals surface area contributed by atoms with E-state index >= 15 is 0 Å². The van der Waals surface area contributed by atoms with Gasteiger partial charge in [-0.1, -0.05) is 50.2 Å². The molecular weight excluding hydrogens is 338 g/mol. The van der Waals surface area contributed by atoms with Crippen LogP contribution in [-0.4, -0.2) is 24.7 Å². The molecule has 6 heteroatoms. The van der Waals surface area contributed by atoms with Crippen molar-refractivity contribution < 1.29 is 19.1 Å². The fraction of sp³-hybridized carbons (Fsp3) is 0.368. The van der Waals surface area contributed by atoms with E-state index < -0.39 is 6.09 Å². The third-order valence-electron chi connectivity index (χ3n) is 3.64. The molecule has 0 bridgehead atoms. The summed E-state index contributed by atoms with van der Waals surface area (Å²) in [6.07, 6.45) is -0.266. The Kier molecular flexibility index (Phi) is 7.47. The molecule has 0 saturated carbocycles. The fourth-order valence-electron chi connectivity index (χ4n) is 2.11. The van der Waals surface area contributed by atoms with Crippen molar-refractivity contribution in [3.8, 4) is 0 Å². The Labute approximate surface area is 152 Å². The molecule has 0 aliphatic rings. The molecule has 2 rings (SSSR count). The Bertz CT molecular complexity index is 655. The number of carbonyl (C=O) groups excluding carboxylic acids is 2. The zero-order valence-corrected chi connectivity index (χ0v) is 15.3. The maximum atomic E-state index is 12.0. The van der Waals surface area contributed by atoms with Gasteiger partial charge < -0.3 is 14.8 Å². The first-order chi connectivity index (χ1) is 12.0.